The fourth-order valence-corrected chi connectivity index (χ4v) is 4.24. The third-order valence-corrected chi connectivity index (χ3v) is 5.52. The Kier molecular flexibility index (Phi) is 4.29. The van der Waals surface area contributed by atoms with Gasteiger partial charge in [-0.25, -0.2) is 4.98 Å². The minimum Gasteiger partial charge on any atom is -0.347 e. The van der Waals surface area contributed by atoms with Crippen molar-refractivity contribution in [3.8, 4) is 0 Å². The van der Waals surface area contributed by atoms with E-state index in [1.807, 2.05) is 6.92 Å². The highest BCUT2D eigenvalue weighted by Gasteiger charge is 2.48. The van der Waals surface area contributed by atoms with Crippen molar-refractivity contribution in [3.63, 3.8) is 0 Å². The number of rotatable bonds is 4. The van der Waals surface area contributed by atoms with E-state index in [0.29, 0.717) is 12.4 Å². The topological polar surface area (TPSA) is 73.9 Å². The summed E-state index contributed by atoms with van der Waals surface area (Å²) in [7, 11) is 0. The van der Waals surface area contributed by atoms with Crippen molar-refractivity contribution in [2.24, 2.45) is 0 Å². The van der Waals surface area contributed by atoms with Gasteiger partial charge in [-0.05, 0) is 44.0 Å². The minimum atomic E-state index is -0.463. The van der Waals surface area contributed by atoms with Crippen molar-refractivity contribution in [1.29, 1.82) is 0 Å². The average Bonchev–Trinajstić information content (AvgIpc) is 3.24. The number of piperidine rings is 1. The Bertz CT molecular complexity index is 738. The van der Waals surface area contributed by atoms with Gasteiger partial charge >= 0.3 is 0 Å². The Labute approximate surface area is 148 Å². The van der Waals surface area contributed by atoms with Crippen molar-refractivity contribution in [1.82, 2.24) is 25.4 Å². The van der Waals surface area contributed by atoms with Crippen LogP contribution in [0.5, 0.6) is 0 Å². The predicted molar refractivity (Wildman–Crippen MR) is 95.0 cm³/mol. The molecular weight excluding hydrogens is 314 g/mol. The summed E-state index contributed by atoms with van der Waals surface area (Å²) in [5.74, 6) is 1.51. The molecule has 0 saturated carbocycles. The summed E-state index contributed by atoms with van der Waals surface area (Å²) >= 11 is 0. The second-order valence-corrected chi connectivity index (χ2v) is 7.22. The molecule has 1 aliphatic heterocycles. The summed E-state index contributed by atoms with van der Waals surface area (Å²) in [6.45, 7) is 4.23. The number of benzene rings is 1. The Morgan fingerprint density at radius 2 is 1.88 bits per heavy atom. The van der Waals surface area contributed by atoms with Gasteiger partial charge in [0, 0.05) is 12.8 Å². The molecule has 0 spiro atoms. The van der Waals surface area contributed by atoms with Crippen LogP contribution in [0.4, 0.5) is 0 Å². The van der Waals surface area contributed by atoms with Crippen molar-refractivity contribution in [2.75, 3.05) is 13.1 Å². The second kappa shape index (κ2) is 6.59. The van der Waals surface area contributed by atoms with Crippen LogP contribution in [0.15, 0.2) is 24.3 Å². The van der Waals surface area contributed by atoms with Crippen LogP contribution in [0, 0.1) is 6.92 Å². The summed E-state index contributed by atoms with van der Waals surface area (Å²) < 4.78 is 0. The minimum absolute atomic E-state index is 0.105. The SMILES string of the molecule is Cc1nc(CNC(=O)C2(N3CCCCC3)Cc3ccccc3C2)n[nH]1. The number of likely N-dealkylation sites (tertiary alicyclic amines) is 1. The number of hydrogen-bond acceptors (Lipinski definition) is 4. The zero-order chi connectivity index (χ0) is 17.3. The van der Waals surface area contributed by atoms with Crippen LogP contribution in [-0.4, -0.2) is 44.6 Å². The molecule has 1 aromatic carbocycles. The van der Waals surface area contributed by atoms with Crippen molar-refractivity contribution >= 4 is 5.91 Å². The molecule has 1 fully saturated rings. The molecule has 6 nitrogen and oxygen atoms in total. The van der Waals surface area contributed by atoms with Crippen molar-refractivity contribution in [2.45, 2.75) is 51.1 Å². The Morgan fingerprint density at radius 1 is 1.20 bits per heavy atom. The molecule has 6 heteroatoms. The number of carbonyl (C=O) groups excluding carboxylic acids is 1. The zero-order valence-corrected chi connectivity index (χ0v) is 14.7. The van der Waals surface area contributed by atoms with E-state index >= 15 is 0 Å². The largest absolute Gasteiger partial charge is 0.347 e. The summed E-state index contributed by atoms with van der Waals surface area (Å²) in [5, 5.41) is 10.1. The van der Waals surface area contributed by atoms with Gasteiger partial charge in [-0.15, -0.1) is 0 Å². The highest BCUT2D eigenvalue weighted by molar-refractivity contribution is 5.88. The molecule has 4 rings (SSSR count). The Balaban J connectivity index is 1.56. The number of carbonyl (C=O) groups is 1. The number of amides is 1. The van der Waals surface area contributed by atoms with Crippen LogP contribution in [0.1, 0.15) is 42.0 Å². The summed E-state index contributed by atoms with van der Waals surface area (Å²) in [5.41, 5.74) is 2.14. The van der Waals surface area contributed by atoms with Gasteiger partial charge < -0.3 is 5.32 Å². The highest BCUT2D eigenvalue weighted by atomic mass is 16.2. The van der Waals surface area contributed by atoms with E-state index in [1.54, 1.807) is 0 Å². The lowest BCUT2D eigenvalue weighted by Crippen LogP contribution is -2.60. The van der Waals surface area contributed by atoms with E-state index in [0.717, 1.165) is 31.8 Å². The molecule has 0 unspecified atom stereocenters. The number of nitrogens with zero attached hydrogens (tertiary/aromatic N) is 3. The van der Waals surface area contributed by atoms with Crippen LogP contribution in [0.2, 0.25) is 0 Å². The molecule has 1 amide bonds. The molecule has 0 radical (unpaired) electrons. The maximum Gasteiger partial charge on any atom is 0.241 e. The third-order valence-electron chi connectivity index (χ3n) is 5.52. The fraction of sp³-hybridized carbons (Fsp3) is 0.526. The lowest BCUT2D eigenvalue weighted by atomic mass is 9.89. The van der Waals surface area contributed by atoms with E-state index in [-0.39, 0.29) is 5.91 Å². The predicted octanol–water partition coefficient (Wildman–Crippen LogP) is 1.75. The summed E-state index contributed by atoms with van der Waals surface area (Å²) in [6, 6.07) is 8.46. The van der Waals surface area contributed by atoms with Gasteiger partial charge in [0.05, 0.1) is 6.54 Å². The molecule has 2 heterocycles. The first kappa shape index (κ1) is 16.3. The molecule has 25 heavy (non-hydrogen) atoms. The van der Waals surface area contributed by atoms with Gasteiger partial charge in [0.25, 0.3) is 0 Å². The summed E-state index contributed by atoms with van der Waals surface area (Å²) in [4.78, 5) is 20.0. The van der Waals surface area contributed by atoms with E-state index < -0.39 is 5.54 Å². The Morgan fingerprint density at radius 3 is 2.48 bits per heavy atom. The smallest absolute Gasteiger partial charge is 0.241 e. The number of H-pyrrole nitrogens is 1. The van der Waals surface area contributed by atoms with Gasteiger partial charge in [-0.1, -0.05) is 30.7 Å². The fourth-order valence-electron chi connectivity index (χ4n) is 4.24. The van der Waals surface area contributed by atoms with Crippen LogP contribution < -0.4 is 5.32 Å². The van der Waals surface area contributed by atoms with Gasteiger partial charge in [0.2, 0.25) is 5.91 Å². The zero-order valence-electron chi connectivity index (χ0n) is 14.7. The molecule has 2 N–H and O–H groups in total. The molecule has 1 saturated heterocycles. The first-order valence-electron chi connectivity index (χ1n) is 9.15. The average molecular weight is 339 g/mol. The number of aryl methyl sites for hydroxylation is 1. The molecule has 1 aromatic heterocycles. The number of fused-ring (bicyclic) bond motifs is 1. The highest BCUT2D eigenvalue weighted by Crippen LogP contribution is 2.36. The monoisotopic (exact) mass is 339 g/mol. The number of aromatic amines is 1. The normalized spacial score (nSPS) is 19.6. The Hall–Kier alpha value is -2.21. The van der Waals surface area contributed by atoms with Crippen molar-refractivity contribution in [3.05, 3.63) is 47.0 Å². The molecular formula is C19H25N5O. The lowest BCUT2D eigenvalue weighted by molar-refractivity contribution is -0.134. The van der Waals surface area contributed by atoms with Crippen LogP contribution in [0.3, 0.4) is 0 Å². The van der Waals surface area contributed by atoms with Gasteiger partial charge in [-0.3, -0.25) is 14.8 Å². The van der Waals surface area contributed by atoms with Gasteiger partial charge in [-0.2, -0.15) is 5.10 Å². The van der Waals surface area contributed by atoms with E-state index in [2.05, 4.69) is 49.7 Å². The number of hydrogen-bond donors (Lipinski definition) is 2. The maximum atomic E-state index is 13.3. The quantitative estimate of drug-likeness (QED) is 0.890. The number of nitrogens with one attached hydrogen (secondary N) is 2. The van der Waals surface area contributed by atoms with Gasteiger partial charge in [0.15, 0.2) is 5.82 Å². The molecule has 2 aliphatic rings. The first-order chi connectivity index (χ1) is 12.2. The summed E-state index contributed by atoms with van der Waals surface area (Å²) in [6.07, 6.45) is 5.19. The van der Waals surface area contributed by atoms with Crippen LogP contribution in [0.25, 0.3) is 0 Å². The van der Waals surface area contributed by atoms with E-state index in [9.17, 15) is 4.79 Å². The molecule has 2 aromatic rings. The first-order valence-corrected chi connectivity index (χ1v) is 9.15. The van der Waals surface area contributed by atoms with Crippen LogP contribution in [-0.2, 0) is 24.2 Å². The molecule has 132 valence electrons. The lowest BCUT2D eigenvalue weighted by Gasteiger charge is -2.42. The van der Waals surface area contributed by atoms with E-state index in [1.165, 1.54) is 30.4 Å². The van der Waals surface area contributed by atoms with E-state index in [4.69, 9.17) is 0 Å². The molecule has 0 atom stereocenters. The standard InChI is InChI=1S/C19H25N5O/c1-14-21-17(23-22-14)13-20-18(25)19(24-9-5-2-6-10-24)11-15-7-3-4-8-16(15)12-19/h3-4,7-8H,2,5-6,9-13H2,1H3,(H,20,25)(H,21,22,23). The van der Waals surface area contributed by atoms with Crippen molar-refractivity contribution < 1.29 is 4.79 Å². The molecule has 0 bridgehead atoms. The van der Waals surface area contributed by atoms with Crippen LogP contribution >= 0.6 is 0 Å². The maximum absolute atomic E-state index is 13.3. The number of aromatic nitrogens is 3. The van der Waals surface area contributed by atoms with Gasteiger partial charge in [0.1, 0.15) is 11.4 Å². The molecule has 1 aliphatic carbocycles. The second-order valence-electron chi connectivity index (χ2n) is 7.22. The third kappa shape index (κ3) is 3.06.